The number of esters is 1. The summed E-state index contributed by atoms with van der Waals surface area (Å²) in [6, 6.07) is 6.33. The Morgan fingerprint density at radius 1 is 1.40 bits per heavy atom. The Balaban J connectivity index is 2.23. The topological polar surface area (TPSA) is 43.4 Å². The second-order valence-electron chi connectivity index (χ2n) is 5.13. The van der Waals surface area contributed by atoms with Gasteiger partial charge in [0.15, 0.2) is 0 Å². The summed E-state index contributed by atoms with van der Waals surface area (Å²) >= 11 is 0. The van der Waals surface area contributed by atoms with Crippen molar-refractivity contribution in [1.29, 1.82) is 0 Å². The normalized spacial score (nSPS) is 22.6. The summed E-state index contributed by atoms with van der Waals surface area (Å²) < 4.78 is 18.9. The highest BCUT2D eigenvalue weighted by atomic mass is 19.1. The number of ketones is 1. The number of benzene rings is 1. The molecule has 0 amide bonds. The van der Waals surface area contributed by atoms with E-state index in [4.69, 9.17) is 4.74 Å². The molecule has 4 heteroatoms. The van der Waals surface area contributed by atoms with E-state index in [1.807, 2.05) is 0 Å². The number of ether oxygens (including phenoxy) is 1. The van der Waals surface area contributed by atoms with E-state index >= 15 is 0 Å². The summed E-state index contributed by atoms with van der Waals surface area (Å²) in [5.41, 5.74) is 0.409. The Morgan fingerprint density at radius 3 is 2.85 bits per heavy atom. The molecule has 1 aliphatic rings. The van der Waals surface area contributed by atoms with E-state index in [1.54, 1.807) is 25.1 Å². The number of halogens is 1. The van der Waals surface area contributed by atoms with Crippen molar-refractivity contribution in [2.75, 3.05) is 6.61 Å². The van der Waals surface area contributed by atoms with Gasteiger partial charge >= 0.3 is 5.97 Å². The number of Topliss-reactive ketones (excluding diaryl/α,β-unsaturated/α-hetero) is 1. The van der Waals surface area contributed by atoms with Crippen LogP contribution in [0.25, 0.3) is 0 Å². The molecule has 0 saturated heterocycles. The summed E-state index contributed by atoms with van der Waals surface area (Å²) in [7, 11) is 0. The van der Waals surface area contributed by atoms with Gasteiger partial charge in [-0.15, -0.1) is 0 Å². The molecule has 1 saturated carbocycles. The van der Waals surface area contributed by atoms with Crippen molar-refractivity contribution in [3.05, 3.63) is 35.6 Å². The summed E-state index contributed by atoms with van der Waals surface area (Å²) in [5, 5.41) is 0. The SMILES string of the molecule is CCOC(=O)C[C@H]1CCCC(=O)C1c1ccccc1F. The molecule has 0 aliphatic heterocycles. The number of carbonyl (C=O) groups is 2. The third-order valence-corrected chi connectivity index (χ3v) is 3.79. The predicted molar refractivity (Wildman–Crippen MR) is 72.7 cm³/mol. The van der Waals surface area contributed by atoms with Crippen LogP contribution in [0.2, 0.25) is 0 Å². The van der Waals surface area contributed by atoms with Gasteiger partial charge in [-0.2, -0.15) is 0 Å². The number of carbonyl (C=O) groups excluding carboxylic acids is 2. The van der Waals surface area contributed by atoms with Gasteiger partial charge in [-0.05, 0) is 37.3 Å². The van der Waals surface area contributed by atoms with Crippen molar-refractivity contribution < 1.29 is 18.7 Å². The van der Waals surface area contributed by atoms with E-state index < -0.39 is 5.92 Å². The number of hydrogen-bond donors (Lipinski definition) is 0. The van der Waals surface area contributed by atoms with Gasteiger partial charge in [-0.25, -0.2) is 4.39 Å². The van der Waals surface area contributed by atoms with Crippen molar-refractivity contribution in [2.24, 2.45) is 5.92 Å². The van der Waals surface area contributed by atoms with Crippen LogP contribution in [0, 0.1) is 11.7 Å². The molecule has 0 spiro atoms. The van der Waals surface area contributed by atoms with Crippen molar-refractivity contribution in [3.63, 3.8) is 0 Å². The molecule has 2 rings (SSSR count). The zero-order valence-electron chi connectivity index (χ0n) is 11.6. The third kappa shape index (κ3) is 3.24. The Labute approximate surface area is 118 Å². The van der Waals surface area contributed by atoms with Crippen molar-refractivity contribution >= 4 is 11.8 Å². The first-order valence-corrected chi connectivity index (χ1v) is 7.06. The lowest BCUT2D eigenvalue weighted by molar-refractivity contribution is -0.145. The molecule has 1 aliphatic carbocycles. The minimum absolute atomic E-state index is 0.0237. The third-order valence-electron chi connectivity index (χ3n) is 3.79. The number of hydrogen-bond acceptors (Lipinski definition) is 3. The molecule has 0 N–H and O–H groups in total. The minimum Gasteiger partial charge on any atom is -0.466 e. The molecule has 1 aromatic rings. The minimum atomic E-state index is -0.519. The first kappa shape index (κ1) is 14.7. The fourth-order valence-electron chi connectivity index (χ4n) is 2.93. The Bertz CT molecular complexity index is 498. The average molecular weight is 278 g/mol. The summed E-state index contributed by atoms with van der Waals surface area (Å²) in [6.07, 6.45) is 2.15. The quantitative estimate of drug-likeness (QED) is 0.794. The molecule has 108 valence electrons. The zero-order valence-corrected chi connectivity index (χ0v) is 11.6. The van der Waals surface area contributed by atoms with Crippen LogP contribution < -0.4 is 0 Å². The molecule has 0 bridgehead atoms. The van der Waals surface area contributed by atoms with Crippen LogP contribution in [0.4, 0.5) is 4.39 Å². The van der Waals surface area contributed by atoms with Crippen molar-refractivity contribution in [1.82, 2.24) is 0 Å². The first-order chi connectivity index (χ1) is 9.63. The van der Waals surface area contributed by atoms with Gasteiger partial charge in [0.25, 0.3) is 0 Å². The van der Waals surface area contributed by atoms with Crippen LogP contribution in [0.15, 0.2) is 24.3 Å². The van der Waals surface area contributed by atoms with E-state index in [0.29, 0.717) is 18.6 Å². The highest BCUT2D eigenvalue weighted by Crippen LogP contribution is 2.38. The second kappa shape index (κ2) is 6.64. The van der Waals surface area contributed by atoms with Gasteiger partial charge in [0.2, 0.25) is 0 Å². The van der Waals surface area contributed by atoms with E-state index in [-0.39, 0.29) is 29.9 Å². The fraction of sp³-hybridized carbons (Fsp3) is 0.500. The Hall–Kier alpha value is -1.71. The van der Waals surface area contributed by atoms with Crippen LogP contribution in [0.1, 0.15) is 44.1 Å². The molecule has 0 aromatic heterocycles. The summed E-state index contributed by atoms with van der Waals surface area (Å²) in [5.74, 6) is -1.34. The predicted octanol–water partition coefficient (Wildman–Crippen LogP) is 3.23. The van der Waals surface area contributed by atoms with E-state index in [9.17, 15) is 14.0 Å². The largest absolute Gasteiger partial charge is 0.466 e. The highest BCUT2D eigenvalue weighted by molar-refractivity contribution is 5.87. The standard InChI is InChI=1S/C16H19FO3/c1-2-20-15(19)10-11-6-5-9-14(18)16(11)12-7-3-4-8-13(12)17/h3-4,7-8,11,16H,2,5-6,9-10H2,1H3/t11-,16?/m1/s1. The average Bonchev–Trinajstić information content (AvgIpc) is 2.41. The Kier molecular flexibility index (Phi) is 4.88. The zero-order chi connectivity index (χ0) is 14.5. The van der Waals surface area contributed by atoms with Crippen LogP contribution in [-0.4, -0.2) is 18.4 Å². The second-order valence-corrected chi connectivity index (χ2v) is 5.13. The van der Waals surface area contributed by atoms with Crippen molar-refractivity contribution in [3.8, 4) is 0 Å². The van der Waals surface area contributed by atoms with Gasteiger partial charge in [-0.3, -0.25) is 9.59 Å². The Morgan fingerprint density at radius 2 is 2.15 bits per heavy atom. The highest BCUT2D eigenvalue weighted by Gasteiger charge is 2.35. The van der Waals surface area contributed by atoms with Crippen LogP contribution in [-0.2, 0) is 14.3 Å². The molecule has 20 heavy (non-hydrogen) atoms. The number of rotatable bonds is 4. The molecule has 1 fully saturated rings. The first-order valence-electron chi connectivity index (χ1n) is 7.06. The van der Waals surface area contributed by atoms with Crippen LogP contribution in [0.3, 0.4) is 0 Å². The molecule has 3 nitrogen and oxygen atoms in total. The lowest BCUT2D eigenvalue weighted by Gasteiger charge is -2.30. The fourth-order valence-corrected chi connectivity index (χ4v) is 2.93. The lowest BCUT2D eigenvalue weighted by atomic mass is 9.73. The molecule has 1 aromatic carbocycles. The molecule has 0 heterocycles. The maximum Gasteiger partial charge on any atom is 0.306 e. The van der Waals surface area contributed by atoms with Gasteiger partial charge in [-0.1, -0.05) is 18.2 Å². The van der Waals surface area contributed by atoms with Gasteiger partial charge in [0, 0.05) is 18.8 Å². The van der Waals surface area contributed by atoms with E-state index in [2.05, 4.69) is 0 Å². The molecular weight excluding hydrogens is 259 g/mol. The smallest absolute Gasteiger partial charge is 0.306 e. The molecule has 2 atom stereocenters. The van der Waals surface area contributed by atoms with E-state index in [0.717, 1.165) is 12.8 Å². The monoisotopic (exact) mass is 278 g/mol. The van der Waals surface area contributed by atoms with Crippen LogP contribution in [0.5, 0.6) is 0 Å². The van der Waals surface area contributed by atoms with Gasteiger partial charge in [0.1, 0.15) is 11.6 Å². The van der Waals surface area contributed by atoms with Gasteiger partial charge < -0.3 is 4.74 Å². The molecular formula is C16H19FO3. The maximum absolute atomic E-state index is 13.9. The van der Waals surface area contributed by atoms with Gasteiger partial charge in [0.05, 0.1) is 6.61 Å². The molecule has 1 unspecified atom stereocenters. The van der Waals surface area contributed by atoms with Crippen molar-refractivity contribution in [2.45, 2.75) is 38.5 Å². The summed E-state index contributed by atoms with van der Waals surface area (Å²) in [4.78, 5) is 23.8. The lowest BCUT2D eigenvalue weighted by Crippen LogP contribution is -2.29. The molecule has 0 radical (unpaired) electrons. The van der Waals surface area contributed by atoms with Crippen LogP contribution >= 0.6 is 0 Å². The maximum atomic E-state index is 13.9. The summed E-state index contributed by atoms with van der Waals surface area (Å²) in [6.45, 7) is 2.07. The van der Waals surface area contributed by atoms with E-state index in [1.165, 1.54) is 6.07 Å².